The molecule has 1 heterocycles. The number of hydrogen-bond donors (Lipinski definition) is 1. The molecule has 0 aliphatic carbocycles. The molecule has 1 N–H and O–H groups in total. The molecule has 0 radical (unpaired) electrons. The van der Waals surface area contributed by atoms with Gasteiger partial charge in [-0.05, 0) is 31.4 Å². The van der Waals surface area contributed by atoms with Crippen LogP contribution in [-0.4, -0.2) is 32.2 Å². The van der Waals surface area contributed by atoms with Crippen LogP contribution in [0.15, 0.2) is 59.0 Å². The zero-order chi connectivity index (χ0) is 22.8. The lowest BCUT2D eigenvalue weighted by Crippen LogP contribution is -2.30. The predicted octanol–water partition coefficient (Wildman–Crippen LogP) is 5.10. The first-order valence-electron chi connectivity index (χ1n) is 10.1. The molecule has 3 aromatic carbocycles. The van der Waals surface area contributed by atoms with Crippen molar-refractivity contribution in [2.75, 3.05) is 19.5 Å². The van der Waals surface area contributed by atoms with Gasteiger partial charge in [0.25, 0.3) is 5.91 Å². The van der Waals surface area contributed by atoms with E-state index in [1.54, 1.807) is 25.1 Å². The van der Waals surface area contributed by atoms with Crippen molar-refractivity contribution in [2.24, 2.45) is 0 Å². The fraction of sp³-hybridized carbons (Fsp3) is 0.200. The number of fused-ring (bicyclic) bond motifs is 3. The second kappa shape index (κ2) is 8.63. The summed E-state index contributed by atoms with van der Waals surface area (Å²) in [6, 6.07) is 16.7. The van der Waals surface area contributed by atoms with E-state index in [9.17, 15) is 9.59 Å². The molecule has 0 saturated carbocycles. The summed E-state index contributed by atoms with van der Waals surface area (Å²) in [7, 11) is 3.02. The summed E-state index contributed by atoms with van der Waals surface area (Å²) >= 11 is 0. The SMILES string of the molecule is COc1ccc(OC)c(NC(=O)C(C)OC(=O)c2oc3c(ccc4ccccc43)c2C)c1. The van der Waals surface area contributed by atoms with Crippen LogP contribution in [0.25, 0.3) is 21.7 Å². The number of furan rings is 1. The number of amides is 1. The summed E-state index contributed by atoms with van der Waals surface area (Å²) < 4.78 is 21.8. The van der Waals surface area contributed by atoms with Crippen LogP contribution in [0.1, 0.15) is 23.0 Å². The number of hydrogen-bond acceptors (Lipinski definition) is 6. The first-order chi connectivity index (χ1) is 15.4. The molecule has 7 heteroatoms. The fourth-order valence-electron chi connectivity index (χ4n) is 3.56. The normalized spacial score (nSPS) is 11.9. The zero-order valence-electron chi connectivity index (χ0n) is 18.2. The van der Waals surface area contributed by atoms with Crippen LogP contribution in [0, 0.1) is 6.92 Å². The summed E-state index contributed by atoms with van der Waals surface area (Å²) in [4.78, 5) is 25.5. The van der Waals surface area contributed by atoms with Gasteiger partial charge in [0, 0.05) is 22.4 Å². The van der Waals surface area contributed by atoms with Gasteiger partial charge in [0.15, 0.2) is 6.10 Å². The third-order valence-corrected chi connectivity index (χ3v) is 5.33. The number of carbonyl (C=O) groups excluding carboxylic acids is 2. The largest absolute Gasteiger partial charge is 0.497 e. The highest BCUT2D eigenvalue weighted by Crippen LogP contribution is 2.32. The van der Waals surface area contributed by atoms with Gasteiger partial charge in [-0.15, -0.1) is 0 Å². The van der Waals surface area contributed by atoms with E-state index in [1.807, 2.05) is 36.4 Å². The van der Waals surface area contributed by atoms with E-state index in [0.29, 0.717) is 28.3 Å². The van der Waals surface area contributed by atoms with E-state index in [1.165, 1.54) is 21.1 Å². The molecule has 1 amide bonds. The molecule has 0 aliphatic heterocycles. The zero-order valence-corrected chi connectivity index (χ0v) is 18.2. The number of methoxy groups -OCH3 is 2. The lowest BCUT2D eigenvalue weighted by molar-refractivity contribution is -0.123. The fourth-order valence-corrected chi connectivity index (χ4v) is 3.56. The molecule has 0 spiro atoms. The maximum Gasteiger partial charge on any atom is 0.375 e. The molecule has 4 aromatic rings. The van der Waals surface area contributed by atoms with Gasteiger partial charge in [0.05, 0.1) is 19.9 Å². The molecule has 1 unspecified atom stereocenters. The highest BCUT2D eigenvalue weighted by molar-refractivity contribution is 6.08. The number of ether oxygens (including phenoxy) is 3. The maximum absolute atomic E-state index is 12.8. The molecule has 4 rings (SSSR count). The predicted molar refractivity (Wildman–Crippen MR) is 122 cm³/mol. The summed E-state index contributed by atoms with van der Waals surface area (Å²) in [6.45, 7) is 3.29. The Hall–Kier alpha value is -4.00. The van der Waals surface area contributed by atoms with E-state index in [4.69, 9.17) is 18.6 Å². The van der Waals surface area contributed by atoms with E-state index < -0.39 is 18.0 Å². The minimum Gasteiger partial charge on any atom is -0.497 e. The average Bonchev–Trinajstić information content (AvgIpc) is 3.15. The number of esters is 1. The highest BCUT2D eigenvalue weighted by atomic mass is 16.6. The van der Waals surface area contributed by atoms with Crippen LogP contribution in [-0.2, 0) is 9.53 Å². The number of aryl methyl sites for hydroxylation is 1. The first-order valence-corrected chi connectivity index (χ1v) is 10.1. The molecule has 32 heavy (non-hydrogen) atoms. The molecular formula is C25H23NO6. The van der Waals surface area contributed by atoms with E-state index in [0.717, 1.165) is 16.2 Å². The standard InChI is InChI=1S/C25H23NO6/c1-14-18-11-9-16-7-5-6-8-19(16)23(18)32-22(14)25(28)31-15(2)24(27)26-20-13-17(29-3)10-12-21(20)30-4/h5-13,15H,1-4H3,(H,26,27). The Morgan fingerprint density at radius 3 is 2.50 bits per heavy atom. The van der Waals surface area contributed by atoms with Crippen molar-refractivity contribution in [2.45, 2.75) is 20.0 Å². The van der Waals surface area contributed by atoms with E-state index in [-0.39, 0.29) is 5.76 Å². The average molecular weight is 433 g/mol. The summed E-state index contributed by atoms with van der Waals surface area (Å²) in [5.41, 5.74) is 1.69. The molecule has 1 aromatic heterocycles. The lowest BCUT2D eigenvalue weighted by atomic mass is 10.1. The Morgan fingerprint density at radius 1 is 0.969 bits per heavy atom. The van der Waals surface area contributed by atoms with Gasteiger partial charge in [0.1, 0.15) is 17.1 Å². The summed E-state index contributed by atoms with van der Waals surface area (Å²) in [5, 5.41) is 5.45. The van der Waals surface area contributed by atoms with Crippen molar-refractivity contribution < 1.29 is 28.2 Å². The monoisotopic (exact) mass is 433 g/mol. The Bertz CT molecular complexity index is 1320. The maximum atomic E-state index is 12.8. The number of nitrogens with one attached hydrogen (secondary N) is 1. The van der Waals surface area contributed by atoms with Gasteiger partial charge >= 0.3 is 5.97 Å². The second-order valence-electron chi connectivity index (χ2n) is 7.32. The third kappa shape index (κ3) is 3.85. The smallest absolute Gasteiger partial charge is 0.375 e. The summed E-state index contributed by atoms with van der Waals surface area (Å²) in [5.74, 6) is -0.129. The van der Waals surface area contributed by atoms with Gasteiger partial charge in [-0.1, -0.05) is 36.4 Å². The second-order valence-corrected chi connectivity index (χ2v) is 7.32. The van der Waals surface area contributed by atoms with Gasteiger partial charge in [-0.3, -0.25) is 4.79 Å². The van der Waals surface area contributed by atoms with Crippen molar-refractivity contribution in [1.29, 1.82) is 0 Å². The van der Waals surface area contributed by atoms with Crippen molar-refractivity contribution in [3.05, 3.63) is 65.9 Å². The molecule has 0 bridgehead atoms. The van der Waals surface area contributed by atoms with Gasteiger partial charge in [-0.25, -0.2) is 4.79 Å². The van der Waals surface area contributed by atoms with Crippen LogP contribution in [0.2, 0.25) is 0 Å². The first kappa shape index (κ1) is 21.2. The number of rotatable bonds is 6. The Morgan fingerprint density at radius 2 is 1.75 bits per heavy atom. The minimum absolute atomic E-state index is 0.0787. The Balaban J connectivity index is 1.55. The molecule has 0 fully saturated rings. The number of benzene rings is 3. The Kier molecular flexibility index (Phi) is 5.73. The van der Waals surface area contributed by atoms with Crippen LogP contribution >= 0.6 is 0 Å². The van der Waals surface area contributed by atoms with Crippen molar-refractivity contribution >= 4 is 39.3 Å². The topological polar surface area (TPSA) is 87.0 Å². The van der Waals surface area contributed by atoms with E-state index >= 15 is 0 Å². The molecule has 0 aliphatic rings. The van der Waals surface area contributed by atoms with Gasteiger partial charge in [0.2, 0.25) is 5.76 Å². The molecular weight excluding hydrogens is 410 g/mol. The summed E-state index contributed by atoms with van der Waals surface area (Å²) in [6.07, 6.45) is -1.07. The van der Waals surface area contributed by atoms with Crippen molar-refractivity contribution in [1.82, 2.24) is 0 Å². The van der Waals surface area contributed by atoms with Crippen LogP contribution in [0.4, 0.5) is 5.69 Å². The Labute approximate surface area is 184 Å². The minimum atomic E-state index is -1.07. The molecule has 0 saturated heterocycles. The van der Waals surface area contributed by atoms with Crippen molar-refractivity contribution in [3.8, 4) is 11.5 Å². The van der Waals surface area contributed by atoms with Crippen molar-refractivity contribution in [3.63, 3.8) is 0 Å². The number of anilines is 1. The van der Waals surface area contributed by atoms with E-state index in [2.05, 4.69) is 5.32 Å². The highest BCUT2D eigenvalue weighted by Gasteiger charge is 2.25. The van der Waals surface area contributed by atoms with Gasteiger partial charge < -0.3 is 23.9 Å². The van der Waals surface area contributed by atoms with Crippen LogP contribution < -0.4 is 14.8 Å². The lowest BCUT2D eigenvalue weighted by Gasteiger charge is -2.15. The molecule has 164 valence electrons. The molecule has 7 nitrogen and oxygen atoms in total. The van der Waals surface area contributed by atoms with Gasteiger partial charge in [-0.2, -0.15) is 0 Å². The van der Waals surface area contributed by atoms with Crippen LogP contribution in [0.3, 0.4) is 0 Å². The molecule has 1 atom stereocenters. The number of carbonyl (C=O) groups is 2. The quantitative estimate of drug-likeness (QED) is 0.426. The van der Waals surface area contributed by atoms with Crippen LogP contribution in [0.5, 0.6) is 11.5 Å². The third-order valence-electron chi connectivity index (χ3n) is 5.33.